The highest BCUT2D eigenvalue weighted by atomic mass is 16.5. The summed E-state index contributed by atoms with van der Waals surface area (Å²) in [5.74, 6) is -1.01. The molecule has 108 valence electrons. The van der Waals surface area contributed by atoms with Gasteiger partial charge in [0.2, 0.25) is 5.91 Å². The first-order valence-corrected chi connectivity index (χ1v) is 7.12. The van der Waals surface area contributed by atoms with Crippen molar-refractivity contribution in [1.29, 1.82) is 0 Å². The number of carbonyl (C=O) groups is 2. The number of ether oxygens (including phenoxy) is 1. The van der Waals surface area contributed by atoms with Gasteiger partial charge in [-0.25, -0.2) is 4.79 Å². The first-order valence-electron chi connectivity index (χ1n) is 7.12. The zero-order valence-corrected chi connectivity index (χ0v) is 11.8. The second-order valence-corrected chi connectivity index (χ2v) is 5.81. The van der Waals surface area contributed by atoms with Gasteiger partial charge in [-0.05, 0) is 39.0 Å². The normalized spacial score (nSPS) is 39.3. The fourth-order valence-corrected chi connectivity index (χ4v) is 3.34. The molecular weight excluding hydrogens is 246 g/mol. The lowest BCUT2D eigenvalue weighted by atomic mass is 9.87. The fourth-order valence-electron chi connectivity index (χ4n) is 3.34. The van der Waals surface area contributed by atoms with Crippen LogP contribution in [0.5, 0.6) is 0 Å². The molecule has 2 saturated heterocycles. The molecule has 0 aromatic heterocycles. The molecule has 0 aliphatic carbocycles. The number of amides is 1. The third kappa shape index (κ3) is 2.61. The van der Waals surface area contributed by atoms with Gasteiger partial charge in [0, 0.05) is 6.54 Å². The second kappa shape index (κ2) is 5.49. The molecular formula is C14H23NO4. The third-order valence-corrected chi connectivity index (χ3v) is 4.60. The molecule has 0 radical (unpaired) electrons. The summed E-state index contributed by atoms with van der Waals surface area (Å²) in [7, 11) is 0. The van der Waals surface area contributed by atoms with Crippen LogP contribution >= 0.6 is 0 Å². The van der Waals surface area contributed by atoms with Gasteiger partial charge in [0.15, 0.2) is 0 Å². The van der Waals surface area contributed by atoms with Gasteiger partial charge < -0.3 is 14.7 Å². The van der Waals surface area contributed by atoms with Crippen molar-refractivity contribution in [2.45, 2.75) is 58.3 Å². The molecule has 2 aliphatic rings. The summed E-state index contributed by atoms with van der Waals surface area (Å²) in [5, 5.41) is 9.26. The Morgan fingerprint density at radius 3 is 2.37 bits per heavy atom. The molecule has 4 unspecified atom stereocenters. The maximum atomic E-state index is 12.7. The molecule has 0 saturated carbocycles. The van der Waals surface area contributed by atoms with Crippen molar-refractivity contribution in [2.75, 3.05) is 6.54 Å². The Hall–Kier alpha value is -1.10. The highest BCUT2D eigenvalue weighted by Crippen LogP contribution is 2.34. The first kappa shape index (κ1) is 14.3. The summed E-state index contributed by atoms with van der Waals surface area (Å²) < 4.78 is 5.70. The molecule has 0 aromatic rings. The van der Waals surface area contributed by atoms with E-state index >= 15 is 0 Å². The number of carboxylic acids is 1. The average Bonchev–Trinajstić information content (AvgIpc) is 2.62. The minimum absolute atomic E-state index is 0.0450. The van der Waals surface area contributed by atoms with Crippen LogP contribution in [0, 0.1) is 11.8 Å². The van der Waals surface area contributed by atoms with E-state index in [2.05, 4.69) is 0 Å². The van der Waals surface area contributed by atoms with Gasteiger partial charge in [-0.2, -0.15) is 0 Å². The molecule has 5 atom stereocenters. The van der Waals surface area contributed by atoms with Crippen LogP contribution < -0.4 is 0 Å². The highest BCUT2D eigenvalue weighted by molar-refractivity contribution is 5.86. The largest absolute Gasteiger partial charge is 0.480 e. The number of hydrogen-bond acceptors (Lipinski definition) is 3. The number of carbonyl (C=O) groups excluding carboxylic acids is 1. The Morgan fingerprint density at radius 2 is 1.84 bits per heavy atom. The lowest BCUT2D eigenvalue weighted by molar-refractivity contribution is -0.155. The van der Waals surface area contributed by atoms with Gasteiger partial charge in [0.05, 0.1) is 18.1 Å². The molecule has 5 nitrogen and oxygen atoms in total. The molecule has 5 heteroatoms. The summed E-state index contributed by atoms with van der Waals surface area (Å²) in [6.45, 7) is 6.44. The predicted octanol–water partition coefficient (Wildman–Crippen LogP) is 1.51. The number of hydrogen-bond donors (Lipinski definition) is 1. The second-order valence-electron chi connectivity index (χ2n) is 5.81. The summed E-state index contributed by atoms with van der Waals surface area (Å²) in [5.41, 5.74) is 0. The molecule has 0 spiro atoms. The molecule has 0 aromatic carbocycles. The van der Waals surface area contributed by atoms with Crippen molar-refractivity contribution in [3.05, 3.63) is 0 Å². The topological polar surface area (TPSA) is 66.8 Å². The van der Waals surface area contributed by atoms with Crippen molar-refractivity contribution >= 4 is 11.9 Å². The first-order chi connectivity index (χ1) is 8.93. The van der Waals surface area contributed by atoms with Crippen LogP contribution in [0.2, 0.25) is 0 Å². The quantitative estimate of drug-likeness (QED) is 0.825. The van der Waals surface area contributed by atoms with Crippen LogP contribution in [0.1, 0.15) is 40.0 Å². The molecule has 2 rings (SSSR count). The third-order valence-electron chi connectivity index (χ3n) is 4.60. The minimum atomic E-state index is -0.889. The van der Waals surface area contributed by atoms with E-state index in [0.717, 1.165) is 12.8 Å². The van der Waals surface area contributed by atoms with E-state index in [1.54, 1.807) is 4.90 Å². The summed E-state index contributed by atoms with van der Waals surface area (Å²) in [4.78, 5) is 25.5. The minimum Gasteiger partial charge on any atom is -0.480 e. The molecule has 2 heterocycles. The standard InChI is InChI=1S/C14H23NO4/c1-8-9(2)19-10(3)12(8)13(16)15-7-5-4-6-11(15)14(17)18/h8-12H,4-7H2,1-3H3,(H,17,18)/t8?,9?,10?,11-,12?/m0/s1. The Bertz CT molecular complexity index is 370. The highest BCUT2D eigenvalue weighted by Gasteiger charge is 2.45. The number of carboxylic acid groups (broad SMARTS) is 1. The van der Waals surface area contributed by atoms with Crippen LogP contribution in [0.4, 0.5) is 0 Å². The van der Waals surface area contributed by atoms with E-state index < -0.39 is 12.0 Å². The maximum Gasteiger partial charge on any atom is 0.326 e. The van der Waals surface area contributed by atoms with E-state index in [1.807, 2.05) is 20.8 Å². The van der Waals surface area contributed by atoms with E-state index in [9.17, 15) is 14.7 Å². The van der Waals surface area contributed by atoms with Gasteiger partial charge >= 0.3 is 5.97 Å². The van der Waals surface area contributed by atoms with Crippen molar-refractivity contribution in [2.24, 2.45) is 11.8 Å². The van der Waals surface area contributed by atoms with Crippen molar-refractivity contribution in [3.63, 3.8) is 0 Å². The Morgan fingerprint density at radius 1 is 1.16 bits per heavy atom. The number of nitrogens with zero attached hydrogens (tertiary/aromatic N) is 1. The number of rotatable bonds is 2. The summed E-state index contributed by atoms with van der Waals surface area (Å²) in [6, 6.07) is -0.656. The van der Waals surface area contributed by atoms with Crippen LogP contribution in [-0.2, 0) is 14.3 Å². The van der Waals surface area contributed by atoms with Crippen LogP contribution in [0.3, 0.4) is 0 Å². The molecule has 2 aliphatic heterocycles. The van der Waals surface area contributed by atoms with Gasteiger partial charge in [0.1, 0.15) is 6.04 Å². The van der Waals surface area contributed by atoms with Crippen molar-refractivity contribution in [3.8, 4) is 0 Å². The zero-order chi connectivity index (χ0) is 14.2. The van der Waals surface area contributed by atoms with Gasteiger partial charge in [-0.15, -0.1) is 0 Å². The maximum absolute atomic E-state index is 12.7. The van der Waals surface area contributed by atoms with Gasteiger partial charge in [-0.3, -0.25) is 4.79 Å². The van der Waals surface area contributed by atoms with E-state index in [0.29, 0.717) is 13.0 Å². The molecule has 2 fully saturated rings. The van der Waals surface area contributed by atoms with Crippen molar-refractivity contribution in [1.82, 2.24) is 4.90 Å². The fraction of sp³-hybridized carbons (Fsp3) is 0.857. The molecule has 1 amide bonds. The van der Waals surface area contributed by atoms with Crippen LogP contribution in [-0.4, -0.2) is 46.7 Å². The smallest absolute Gasteiger partial charge is 0.326 e. The van der Waals surface area contributed by atoms with Gasteiger partial charge in [-0.1, -0.05) is 6.92 Å². The lowest BCUT2D eigenvalue weighted by Crippen LogP contribution is -2.51. The summed E-state index contributed by atoms with van der Waals surface area (Å²) >= 11 is 0. The van der Waals surface area contributed by atoms with Crippen LogP contribution in [0.15, 0.2) is 0 Å². The van der Waals surface area contributed by atoms with Crippen LogP contribution in [0.25, 0.3) is 0 Å². The number of likely N-dealkylation sites (tertiary alicyclic amines) is 1. The van der Waals surface area contributed by atoms with E-state index in [-0.39, 0.29) is 30.0 Å². The lowest BCUT2D eigenvalue weighted by Gasteiger charge is -2.36. The molecule has 19 heavy (non-hydrogen) atoms. The Labute approximate surface area is 113 Å². The van der Waals surface area contributed by atoms with Gasteiger partial charge in [0.25, 0.3) is 0 Å². The number of piperidine rings is 1. The Balaban J connectivity index is 2.15. The summed E-state index contributed by atoms with van der Waals surface area (Å²) in [6.07, 6.45) is 2.25. The number of aliphatic carboxylic acids is 1. The molecule has 1 N–H and O–H groups in total. The molecule has 0 bridgehead atoms. The van der Waals surface area contributed by atoms with E-state index in [4.69, 9.17) is 4.74 Å². The Kier molecular flexibility index (Phi) is 4.13. The predicted molar refractivity (Wildman–Crippen MR) is 69.7 cm³/mol. The SMILES string of the molecule is CC1OC(C)C(C(=O)N2CCCC[C@H]2C(=O)O)C1C. The average molecular weight is 269 g/mol. The monoisotopic (exact) mass is 269 g/mol. The zero-order valence-electron chi connectivity index (χ0n) is 11.8. The van der Waals surface area contributed by atoms with E-state index in [1.165, 1.54) is 0 Å². The van der Waals surface area contributed by atoms with Crippen molar-refractivity contribution < 1.29 is 19.4 Å².